The van der Waals surface area contributed by atoms with Gasteiger partial charge in [0, 0.05) is 55.6 Å². The number of nitrogens with zero attached hydrogens (tertiary/aromatic N) is 4. The predicted molar refractivity (Wildman–Crippen MR) is 133 cm³/mol. The van der Waals surface area contributed by atoms with Crippen LogP contribution in [0.15, 0.2) is 70.7 Å². The summed E-state index contributed by atoms with van der Waals surface area (Å²) in [5.74, 6) is -0.225. The molecule has 3 heterocycles. The first-order valence-corrected chi connectivity index (χ1v) is 11.6. The minimum atomic E-state index is -0.225. The Morgan fingerprint density at radius 3 is 2.62 bits per heavy atom. The van der Waals surface area contributed by atoms with Gasteiger partial charge in [-0.1, -0.05) is 36.4 Å². The SMILES string of the molecule is CN1CCN(Cc2ccc(NC3=NC(=O)C(=Cc4cccc5cccnc45)S3)cc2)CC1. The number of piperazine rings is 1. The van der Waals surface area contributed by atoms with Crippen molar-refractivity contribution >= 4 is 45.5 Å². The lowest BCUT2D eigenvalue weighted by atomic mass is 10.1. The van der Waals surface area contributed by atoms with Crippen molar-refractivity contribution in [3.63, 3.8) is 0 Å². The Balaban J connectivity index is 1.23. The minimum Gasteiger partial charge on any atom is -0.334 e. The molecule has 1 amide bonds. The van der Waals surface area contributed by atoms with Crippen molar-refractivity contribution in [2.45, 2.75) is 6.54 Å². The minimum absolute atomic E-state index is 0.225. The maximum atomic E-state index is 12.5. The van der Waals surface area contributed by atoms with Crippen molar-refractivity contribution in [2.24, 2.45) is 4.99 Å². The van der Waals surface area contributed by atoms with Gasteiger partial charge >= 0.3 is 0 Å². The fourth-order valence-corrected chi connectivity index (χ4v) is 4.75. The number of amidine groups is 1. The van der Waals surface area contributed by atoms with Gasteiger partial charge in [-0.05, 0) is 48.6 Å². The Kier molecular flexibility index (Phi) is 6.03. The molecule has 162 valence electrons. The summed E-state index contributed by atoms with van der Waals surface area (Å²) in [7, 11) is 2.17. The van der Waals surface area contributed by atoms with E-state index in [4.69, 9.17) is 0 Å². The quantitative estimate of drug-likeness (QED) is 0.614. The van der Waals surface area contributed by atoms with Crippen molar-refractivity contribution in [2.75, 3.05) is 38.5 Å². The molecule has 0 unspecified atom stereocenters. The number of carbonyl (C=O) groups is 1. The van der Waals surface area contributed by atoms with E-state index in [1.165, 1.54) is 17.3 Å². The first-order valence-electron chi connectivity index (χ1n) is 10.8. The number of anilines is 1. The second-order valence-electron chi connectivity index (χ2n) is 8.16. The second kappa shape index (κ2) is 9.24. The molecule has 0 spiro atoms. The standard InChI is InChI=1S/C25H25N5OS/c1-29-12-14-30(15-13-29)17-18-7-9-21(10-8-18)27-25-28-24(31)22(32-25)16-20-5-2-4-19-6-3-11-26-23(19)20/h2-11,16H,12-15,17H2,1H3,(H,27,28,31). The van der Waals surface area contributed by atoms with Crippen molar-refractivity contribution in [1.29, 1.82) is 0 Å². The number of rotatable bonds is 4. The molecule has 2 aliphatic rings. The highest BCUT2D eigenvalue weighted by Crippen LogP contribution is 2.30. The third-order valence-electron chi connectivity index (χ3n) is 5.78. The number of thioether (sulfide) groups is 1. The number of pyridine rings is 1. The van der Waals surface area contributed by atoms with Crippen LogP contribution in [-0.2, 0) is 11.3 Å². The van der Waals surface area contributed by atoms with Crippen molar-refractivity contribution < 1.29 is 4.79 Å². The largest absolute Gasteiger partial charge is 0.334 e. The molecule has 2 aliphatic heterocycles. The Morgan fingerprint density at radius 2 is 1.81 bits per heavy atom. The average Bonchev–Trinajstić information content (AvgIpc) is 3.15. The van der Waals surface area contributed by atoms with Crippen LogP contribution in [0.1, 0.15) is 11.1 Å². The van der Waals surface area contributed by atoms with Crippen molar-refractivity contribution in [3.8, 4) is 0 Å². The number of aromatic nitrogens is 1. The van der Waals surface area contributed by atoms with E-state index in [-0.39, 0.29) is 5.91 Å². The van der Waals surface area contributed by atoms with Gasteiger partial charge in [0.25, 0.3) is 5.91 Å². The van der Waals surface area contributed by atoms with Crippen LogP contribution in [0.3, 0.4) is 0 Å². The lowest BCUT2D eigenvalue weighted by Crippen LogP contribution is -2.43. The molecule has 0 aliphatic carbocycles. The highest BCUT2D eigenvalue weighted by molar-refractivity contribution is 8.18. The molecule has 0 saturated carbocycles. The number of hydrogen-bond acceptors (Lipinski definition) is 6. The van der Waals surface area contributed by atoms with Gasteiger partial charge in [-0.25, -0.2) is 0 Å². The lowest BCUT2D eigenvalue weighted by molar-refractivity contribution is -0.113. The highest BCUT2D eigenvalue weighted by atomic mass is 32.2. The van der Waals surface area contributed by atoms with E-state index in [2.05, 4.69) is 56.4 Å². The summed E-state index contributed by atoms with van der Waals surface area (Å²) in [5.41, 5.74) is 4.03. The zero-order chi connectivity index (χ0) is 21.9. The number of amides is 1. The highest BCUT2D eigenvalue weighted by Gasteiger charge is 2.22. The topological polar surface area (TPSA) is 60.8 Å². The molecule has 1 aromatic heterocycles. The Hall–Kier alpha value is -3.00. The van der Waals surface area contributed by atoms with Gasteiger partial charge < -0.3 is 10.2 Å². The van der Waals surface area contributed by atoms with Crippen molar-refractivity contribution in [3.05, 3.63) is 76.8 Å². The van der Waals surface area contributed by atoms with Crippen LogP contribution in [0.25, 0.3) is 17.0 Å². The van der Waals surface area contributed by atoms with Gasteiger partial charge in [-0.15, -0.1) is 0 Å². The van der Waals surface area contributed by atoms with Crippen LogP contribution < -0.4 is 5.32 Å². The number of likely N-dealkylation sites (N-methyl/N-ethyl adjacent to an activating group) is 1. The molecular formula is C25H25N5OS. The molecular weight excluding hydrogens is 418 g/mol. The van der Waals surface area contributed by atoms with E-state index in [1.54, 1.807) is 6.20 Å². The second-order valence-corrected chi connectivity index (χ2v) is 9.19. The summed E-state index contributed by atoms with van der Waals surface area (Å²) in [6.45, 7) is 5.42. The summed E-state index contributed by atoms with van der Waals surface area (Å²) < 4.78 is 0. The fourth-order valence-electron chi connectivity index (χ4n) is 3.93. The first kappa shape index (κ1) is 20.9. The molecule has 0 bridgehead atoms. The molecule has 5 rings (SSSR count). The molecule has 7 heteroatoms. The molecule has 1 fully saturated rings. The summed E-state index contributed by atoms with van der Waals surface area (Å²) in [4.78, 5) is 26.6. The van der Waals surface area contributed by atoms with Gasteiger partial charge in [0.2, 0.25) is 0 Å². The van der Waals surface area contributed by atoms with Gasteiger partial charge in [-0.3, -0.25) is 14.7 Å². The maximum Gasteiger partial charge on any atom is 0.286 e. The molecule has 2 aromatic carbocycles. The molecule has 0 radical (unpaired) electrons. The van der Waals surface area contributed by atoms with Crippen LogP contribution in [-0.4, -0.2) is 59.1 Å². The van der Waals surface area contributed by atoms with E-state index in [0.717, 1.165) is 54.9 Å². The third kappa shape index (κ3) is 4.75. The number of nitrogens with one attached hydrogen (secondary N) is 1. The number of benzene rings is 2. The molecule has 32 heavy (non-hydrogen) atoms. The maximum absolute atomic E-state index is 12.5. The van der Waals surface area contributed by atoms with Gasteiger partial charge in [0.15, 0.2) is 5.17 Å². The van der Waals surface area contributed by atoms with Crippen LogP contribution in [0.5, 0.6) is 0 Å². The van der Waals surface area contributed by atoms with Crippen LogP contribution in [0.2, 0.25) is 0 Å². The number of hydrogen-bond donors (Lipinski definition) is 1. The summed E-state index contributed by atoms with van der Waals surface area (Å²) >= 11 is 1.36. The van der Waals surface area contributed by atoms with Crippen LogP contribution in [0.4, 0.5) is 5.69 Å². The van der Waals surface area contributed by atoms with E-state index in [9.17, 15) is 4.79 Å². The summed E-state index contributed by atoms with van der Waals surface area (Å²) in [6.07, 6.45) is 3.64. The predicted octanol–water partition coefficient (Wildman–Crippen LogP) is 4.06. The van der Waals surface area contributed by atoms with Crippen LogP contribution in [0, 0.1) is 0 Å². The van der Waals surface area contributed by atoms with E-state index in [1.807, 2.05) is 36.4 Å². The summed E-state index contributed by atoms with van der Waals surface area (Å²) in [5, 5.41) is 4.92. The van der Waals surface area contributed by atoms with Gasteiger partial charge in [0.05, 0.1) is 10.4 Å². The Bertz CT molecular complexity index is 1190. The molecule has 1 N–H and O–H groups in total. The summed E-state index contributed by atoms with van der Waals surface area (Å²) in [6, 6.07) is 18.3. The fraction of sp³-hybridized carbons (Fsp3) is 0.240. The zero-order valence-corrected chi connectivity index (χ0v) is 18.8. The van der Waals surface area contributed by atoms with E-state index in [0.29, 0.717) is 10.1 Å². The molecule has 0 atom stereocenters. The molecule has 6 nitrogen and oxygen atoms in total. The van der Waals surface area contributed by atoms with Gasteiger partial charge in [0.1, 0.15) is 0 Å². The smallest absolute Gasteiger partial charge is 0.286 e. The number of carbonyl (C=O) groups excluding carboxylic acids is 1. The Labute approximate surface area is 192 Å². The van der Waals surface area contributed by atoms with E-state index < -0.39 is 0 Å². The first-order chi connectivity index (χ1) is 15.6. The van der Waals surface area contributed by atoms with Crippen molar-refractivity contribution in [1.82, 2.24) is 14.8 Å². The monoisotopic (exact) mass is 443 g/mol. The van der Waals surface area contributed by atoms with Crippen LogP contribution >= 0.6 is 11.8 Å². The normalized spacial score (nSPS) is 19.0. The lowest BCUT2D eigenvalue weighted by Gasteiger charge is -2.32. The zero-order valence-electron chi connectivity index (χ0n) is 18.0. The molecule has 3 aromatic rings. The Morgan fingerprint density at radius 1 is 1.03 bits per heavy atom. The average molecular weight is 444 g/mol. The number of fused-ring (bicyclic) bond motifs is 1. The van der Waals surface area contributed by atoms with Gasteiger partial charge in [-0.2, -0.15) is 4.99 Å². The molecule has 1 saturated heterocycles. The third-order valence-corrected chi connectivity index (χ3v) is 6.68. The number of aliphatic imine (C=N–C) groups is 1. The van der Waals surface area contributed by atoms with E-state index >= 15 is 0 Å². The number of para-hydroxylation sites is 1.